The van der Waals surface area contributed by atoms with Crippen LogP contribution in [0.15, 0.2) is 65.6 Å². The van der Waals surface area contributed by atoms with Gasteiger partial charge in [0.15, 0.2) is 5.82 Å². The molecule has 0 spiro atoms. The number of aliphatic carboxylic acids is 1. The number of thiazole rings is 1. The van der Waals surface area contributed by atoms with E-state index < -0.39 is 5.97 Å². The van der Waals surface area contributed by atoms with Crippen LogP contribution in [-0.2, 0) is 22.7 Å². The summed E-state index contributed by atoms with van der Waals surface area (Å²) in [5, 5.41) is 22.6. The lowest BCUT2D eigenvalue weighted by Crippen LogP contribution is -2.36. The number of nitrogens with one attached hydrogen (secondary N) is 5. The molecule has 0 bridgehead atoms. The summed E-state index contributed by atoms with van der Waals surface area (Å²) in [5.74, 6) is -0.313. The van der Waals surface area contributed by atoms with Crippen LogP contribution in [0, 0.1) is 6.92 Å². The molecule has 11 nitrogen and oxygen atoms in total. The first-order valence-corrected chi connectivity index (χ1v) is 16.0. The highest BCUT2D eigenvalue weighted by molar-refractivity contribution is 7.18. The lowest BCUT2D eigenvalue weighted by molar-refractivity contribution is -0.136. The summed E-state index contributed by atoms with van der Waals surface area (Å²) in [6.45, 7) is 3.21. The molecular weight excluding hydrogens is 626 g/mol. The van der Waals surface area contributed by atoms with Gasteiger partial charge in [-0.15, -0.1) is 11.3 Å². The number of fused-ring (bicyclic) bond motifs is 1. The Morgan fingerprint density at radius 1 is 1.04 bits per heavy atom. The Hall–Kier alpha value is -4.62. The van der Waals surface area contributed by atoms with Gasteiger partial charge in [-0.1, -0.05) is 48.0 Å². The number of hydrogen-bond acceptors (Lipinski definition) is 9. The zero-order chi connectivity index (χ0) is 32.2. The van der Waals surface area contributed by atoms with Crippen molar-refractivity contribution in [2.24, 2.45) is 0 Å². The van der Waals surface area contributed by atoms with E-state index in [0.29, 0.717) is 59.4 Å². The highest BCUT2D eigenvalue weighted by Crippen LogP contribution is 2.39. The number of halogens is 1. The first-order chi connectivity index (χ1) is 22.3. The van der Waals surface area contributed by atoms with E-state index in [9.17, 15) is 14.4 Å². The number of aromatic amines is 1. The Labute approximate surface area is 273 Å². The topological polar surface area (TPSA) is 161 Å². The molecule has 0 radical (unpaired) electrons. The second-order valence-corrected chi connectivity index (χ2v) is 12.5. The predicted octanol–water partition coefficient (Wildman–Crippen LogP) is 4.96. The van der Waals surface area contributed by atoms with Crippen LogP contribution in [0.5, 0.6) is 0 Å². The second kappa shape index (κ2) is 13.8. The minimum absolute atomic E-state index is 0.0699. The quantitative estimate of drug-likeness (QED) is 0.109. The molecule has 1 atom stereocenters. The van der Waals surface area contributed by atoms with E-state index in [1.807, 2.05) is 61.5 Å². The number of H-pyrrole nitrogens is 1. The van der Waals surface area contributed by atoms with E-state index >= 15 is 0 Å². The molecule has 0 aliphatic carbocycles. The summed E-state index contributed by atoms with van der Waals surface area (Å²) in [6, 6.07) is 17.4. The number of aromatic nitrogens is 3. The Morgan fingerprint density at radius 2 is 1.85 bits per heavy atom. The van der Waals surface area contributed by atoms with E-state index in [0.717, 1.165) is 38.4 Å². The molecule has 4 heterocycles. The maximum atomic E-state index is 13.0. The molecular formula is C33H32ClN7O4S. The number of carboxylic acids is 1. The minimum Gasteiger partial charge on any atom is -0.480 e. The van der Waals surface area contributed by atoms with Crippen LogP contribution in [0.1, 0.15) is 29.0 Å². The number of carbonyl (C=O) groups excluding carboxylic acids is 1. The fraction of sp³-hybridized carbons (Fsp3) is 0.242. The molecule has 46 heavy (non-hydrogen) atoms. The number of carboxylic acid groups (broad SMARTS) is 1. The van der Waals surface area contributed by atoms with E-state index in [2.05, 4.69) is 36.2 Å². The molecule has 1 saturated heterocycles. The lowest BCUT2D eigenvalue weighted by atomic mass is 9.94. The van der Waals surface area contributed by atoms with E-state index in [1.54, 1.807) is 6.20 Å². The van der Waals surface area contributed by atoms with Crippen LogP contribution in [0.4, 0.5) is 11.5 Å². The van der Waals surface area contributed by atoms with E-state index in [-0.39, 0.29) is 24.1 Å². The number of hydrogen-bond donors (Lipinski definition) is 6. The first-order valence-electron chi connectivity index (χ1n) is 14.8. The summed E-state index contributed by atoms with van der Waals surface area (Å²) in [6.07, 6.45) is 3.04. The molecule has 6 rings (SSSR count). The van der Waals surface area contributed by atoms with Gasteiger partial charge in [0.1, 0.15) is 10.5 Å². The Bertz CT molecular complexity index is 1990. The van der Waals surface area contributed by atoms with Crippen LogP contribution in [-0.4, -0.2) is 51.1 Å². The van der Waals surface area contributed by atoms with Gasteiger partial charge in [-0.05, 0) is 42.7 Å². The number of benzene rings is 2. The summed E-state index contributed by atoms with van der Waals surface area (Å²) in [5.41, 5.74) is 6.07. The third-order valence-corrected chi connectivity index (χ3v) is 9.28. The molecule has 13 heteroatoms. The summed E-state index contributed by atoms with van der Waals surface area (Å²) >= 11 is 8.47. The zero-order valence-corrected chi connectivity index (χ0v) is 26.5. The van der Waals surface area contributed by atoms with Gasteiger partial charge in [0.25, 0.3) is 5.56 Å². The summed E-state index contributed by atoms with van der Waals surface area (Å²) < 4.78 is 0.915. The molecule has 5 aromatic rings. The molecule has 3 aromatic heterocycles. The smallest absolute Gasteiger partial charge is 0.317 e. The van der Waals surface area contributed by atoms with Crippen molar-refractivity contribution in [1.29, 1.82) is 0 Å². The molecule has 1 aliphatic heterocycles. The van der Waals surface area contributed by atoms with E-state index in [1.165, 1.54) is 11.3 Å². The SMILES string of the molecule is Cc1c(-c2ccc(CNC[C@H]3CCC(=O)N3)c(=O)[nH]2)cccc1-c1cccc(Nc2nccc3sc(CNCC(=O)O)nc23)c1Cl. The highest BCUT2D eigenvalue weighted by atomic mass is 35.5. The first kappa shape index (κ1) is 31.4. The zero-order valence-electron chi connectivity index (χ0n) is 24.9. The van der Waals surface area contributed by atoms with E-state index in [4.69, 9.17) is 16.7 Å². The monoisotopic (exact) mass is 657 g/mol. The van der Waals surface area contributed by atoms with Gasteiger partial charge in [0.05, 0.1) is 22.0 Å². The molecule has 0 saturated carbocycles. The Morgan fingerprint density at radius 3 is 2.63 bits per heavy atom. The predicted molar refractivity (Wildman–Crippen MR) is 181 cm³/mol. The number of amides is 1. The largest absolute Gasteiger partial charge is 0.480 e. The summed E-state index contributed by atoms with van der Waals surface area (Å²) in [4.78, 5) is 47.5. The molecule has 2 aromatic carbocycles. The average molecular weight is 658 g/mol. The standard InChI is InChI=1S/C33H32ClN7O4S/c1-18-21(4-2-5-22(18)24-10-8-19(33(45)40-24)14-35-15-20-9-11-27(42)38-20)23-6-3-7-25(30(23)34)39-32-31-26(12-13-37-32)46-28(41-31)16-36-17-29(43)44/h2-8,10,12-13,20,35-36H,9,11,14-17H2,1H3,(H,37,39)(H,38,42)(H,40,45)(H,43,44)/t20-/m1/s1. The van der Waals surface area contributed by atoms with Crippen LogP contribution in [0.25, 0.3) is 32.6 Å². The van der Waals surface area contributed by atoms with Crippen LogP contribution < -0.4 is 26.8 Å². The normalized spacial score (nSPS) is 14.5. The minimum atomic E-state index is -0.927. The molecule has 6 N–H and O–H groups in total. The van der Waals surface area contributed by atoms with Gasteiger partial charge in [-0.25, -0.2) is 9.97 Å². The van der Waals surface area contributed by atoms with Gasteiger partial charge >= 0.3 is 5.97 Å². The summed E-state index contributed by atoms with van der Waals surface area (Å²) in [7, 11) is 0. The van der Waals surface area contributed by atoms with Crippen molar-refractivity contribution in [1.82, 2.24) is 30.9 Å². The number of anilines is 2. The average Bonchev–Trinajstić information content (AvgIpc) is 3.65. The second-order valence-electron chi connectivity index (χ2n) is 11.0. The van der Waals surface area contributed by atoms with Crippen molar-refractivity contribution >= 4 is 56.5 Å². The van der Waals surface area contributed by atoms with Gasteiger partial charge in [-0.2, -0.15) is 0 Å². The number of nitrogens with zero attached hydrogens (tertiary/aromatic N) is 2. The van der Waals surface area contributed by atoms with Crippen molar-refractivity contribution in [3.8, 4) is 22.4 Å². The van der Waals surface area contributed by atoms with Crippen molar-refractivity contribution in [3.05, 3.63) is 92.3 Å². The Kier molecular flexibility index (Phi) is 9.41. The number of pyridine rings is 2. The maximum Gasteiger partial charge on any atom is 0.317 e. The molecule has 1 aliphatic rings. The van der Waals surface area contributed by atoms with Gasteiger partial charge in [-0.3, -0.25) is 14.4 Å². The fourth-order valence-corrected chi connectivity index (χ4v) is 6.75. The van der Waals surface area contributed by atoms with Crippen molar-refractivity contribution in [2.45, 2.75) is 38.9 Å². The van der Waals surface area contributed by atoms with Crippen LogP contribution in [0.3, 0.4) is 0 Å². The highest BCUT2D eigenvalue weighted by Gasteiger charge is 2.20. The third kappa shape index (κ3) is 6.95. The molecule has 1 amide bonds. The van der Waals surface area contributed by atoms with Crippen molar-refractivity contribution in [2.75, 3.05) is 18.4 Å². The lowest BCUT2D eigenvalue weighted by Gasteiger charge is -2.16. The Balaban J connectivity index is 1.21. The van der Waals surface area contributed by atoms with Crippen molar-refractivity contribution < 1.29 is 14.7 Å². The van der Waals surface area contributed by atoms with Gasteiger partial charge in [0, 0.05) is 60.7 Å². The fourth-order valence-electron chi connectivity index (χ4n) is 5.54. The maximum absolute atomic E-state index is 13.0. The third-order valence-electron chi connectivity index (χ3n) is 7.85. The molecule has 236 valence electrons. The van der Waals surface area contributed by atoms with Gasteiger partial charge < -0.3 is 31.4 Å². The van der Waals surface area contributed by atoms with Crippen LogP contribution >= 0.6 is 22.9 Å². The van der Waals surface area contributed by atoms with Crippen LogP contribution in [0.2, 0.25) is 5.02 Å². The molecule has 0 unspecified atom stereocenters. The number of carbonyl (C=O) groups is 2. The molecule has 1 fully saturated rings. The van der Waals surface area contributed by atoms with Crippen molar-refractivity contribution in [3.63, 3.8) is 0 Å². The number of rotatable bonds is 12. The van der Waals surface area contributed by atoms with Gasteiger partial charge in [0.2, 0.25) is 5.91 Å².